The molecule has 0 saturated carbocycles. The molecule has 11 nitrogen and oxygen atoms in total. The third kappa shape index (κ3) is 9.96. The number of thiol groups is 1. The number of nitrogens with two attached hydrogens (primary N) is 2. The van der Waals surface area contributed by atoms with Gasteiger partial charge in [-0.1, -0.05) is 30.3 Å². The van der Waals surface area contributed by atoms with Crippen molar-refractivity contribution in [1.29, 1.82) is 0 Å². The number of nitrogens with one attached hydrogen (secondary N) is 3. The summed E-state index contributed by atoms with van der Waals surface area (Å²) in [6.45, 7) is -0.529. The van der Waals surface area contributed by atoms with Crippen LogP contribution in [-0.4, -0.2) is 65.1 Å². The highest BCUT2D eigenvalue weighted by Gasteiger charge is 2.25. The lowest BCUT2D eigenvalue weighted by Gasteiger charge is -2.20. The van der Waals surface area contributed by atoms with Crippen molar-refractivity contribution in [1.82, 2.24) is 16.0 Å². The quantitative estimate of drug-likeness (QED) is 0.166. The molecule has 8 N–H and O–H groups in total. The van der Waals surface area contributed by atoms with Crippen molar-refractivity contribution in [2.45, 2.75) is 37.4 Å². The molecule has 0 spiro atoms. The number of carbonyl (C=O) groups excluding carboxylic acids is 4. The largest absolute Gasteiger partial charge is 0.480 e. The molecule has 0 aliphatic rings. The average molecular weight is 454 g/mol. The Morgan fingerprint density at radius 2 is 1.65 bits per heavy atom. The van der Waals surface area contributed by atoms with E-state index < -0.39 is 54.3 Å². The summed E-state index contributed by atoms with van der Waals surface area (Å²) in [6, 6.07) is 5.63. The van der Waals surface area contributed by atoms with Crippen LogP contribution in [0.2, 0.25) is 0 Å². The van der Waals surface area contributed by atoms with Crippen LogP contribution in [0, 0.1) is 0 Å². The fourth-order valence-electron chi connectivity index (χ4n) is 2.50. The number of hydrogen-bond donors (Lipinski definition) is 7. The lowest BCUT2D eigenvalue weighted by atomic mass is 10.0. The van der Waals surface area contributed by atoms with Gasteiger partial charge in [0.1, 0.15) is 12.1 Å². The Kier molecular flexibility index (Phi) is 11.1. The van der Waals surface area contributed by atoms with Gasteiger partial charge in [0.2, 0.25) is 23.6 Å². The first-order chi connectivity index (χ1) is 14.6. The molecule has 0 saturated heterocycles. The first-order valence-corrected chi connectivity index (χ1v) is 10.1. The van der Waals surface area contributed by atoms with E-state index in [0.29, 0.717) is 0 Å². The minimum Gasteiger partial charge on any atom is -0.480 e. The molecule has 31 heavy (non-hydrogen) atoms. The Balaban J connectivity index is 2.73. The molecule has 0 fully saturated rings. The average Bonchev–Trinajstić information content (AvgIpc) is 2.74. The van der Waals surface area contributed by atoms with Crippen molar-refractivity contribution in [3.8, 4) is 0 Å². The summed E-state index contributed by atoms with van der Waals surface area (Å²) in [5, 5.41) is 16.2. The highest BCUT2D eigenvalue weighted by molar-refractivity contribution is 7.80. The second-order valence-corrected chi connectivity index (χ2v) is 7.09. The van der Waals surface area contributed by atoms with Crippen molar-refractivity contribution in [3.63, 3.8) is 0 Å². The van der Waals surface area contributed by atoms with E-state index in [2.05, 4.69) is 28.6 Å². The van der Waals surface area contributed by atoms with Gasteiger partial charge in [-0.15, -0.1) is 0 Å². The van der Waals surface area contributed by atoms with Crippen molar-refractivity contribution >= 4 is 42.2 Å². The van der Waals surface area contributed by atoms with E-state index in [0.717, 1.165) is 5.56 Å². The molecule has 1 aromatic carbocycles. The number of primary amides is 1. The number of carbonyl (C=O) groups is 5. The maximum atomic E-state index is 12.6. The number of rotatable bonds is 13. The SMILES string of the molecule is NC(=O)CCC(NC(=O)CNC(=O)C(Cc1ccccc1)NC(=O)C(N)CS)C(=O)O. The Bertz CT molecular complexity index is 791. The third-order valence-corrected chi connectivity index (χ3v) is 4.58. The van der Waals surface area contributed by atoms with E-state index in [1.54, 1.807) is 30.3 Å². The van der Waals surface area contributed by atoms with Crippen LogP contribution < -0.4 is 27.4 Å². The van der Waals surface area contributed by atoms with Gasteiger partial charge in [-0.05, 0) is 12.0 Å². The number of hydrogen-bond acceptors (Lipinski definition) is 7. The summed E-state index contributed by atoms with van der Waals surface area (Å²) in [5.74, 6) is -3.96. The third-order valence-electron chi connectivity index (χ3n) is 4.18. The molecule has 0 aliphatic carbocycles. The highest BCUT2D eigenvalue weighted by Crippen LogP contribution is 2.04. The normalized spacial score (nSPS) is 13.4. The van der Waals surface area contributed by atoms with Gasteiger partial charge >= 0.3 is 5.97 Å². The van der Waals surface area contributed by atoms with Crippen LogP contribution in [0.5, 0.6) is 0 Å². The lowest BCUT2D eigenvalue weighted by Crippen LogP contribution is -2.54. The highest BCUT2D eigenvalue weighted by atomic mass is 32.1. The molecular weight excluding hydrogens is 426 g/mol. The number of carboxylic acids is 1. The number of aliphatic carboxylic acids is 1. The minimum absolute atomic E-state index is 0.0792. The van der Waals surface area contributed by atoms with Gasteiger partial charge in [0.05, 0.1) is 12.6 Å². The molecule has 0 radical (unpaired) electrons. The molecule has 0 aromatic heterocycles. The van der Waals surface area contributed by atoms with Crippen molar-refractivity contribution in [2.24, 2.45) is 11.5 Å². The van der Waals surface area contributed by atoms with Gasteiger partial charge in [0, 0.05) is 18.6 Å². The molecule has 170 valence electrons. The van der Waals surface area contributed by atoms with E-state index >= 15 is 0 Å². The van der Waals surface area contributed by atoms with E-state index in [4.69, 9.17) is 16.6 Å². The van der Waals surface area contributed by atoms with E-state index in [-0.39, 0.29) is 25.0 Å². The van der Waals surface area contributed by atoms with Gasteiger partial charge in [-0.3, -0.25) is 19.2 Å². The summed E-state index contributed by atoms with van der Waals surface area (Å²) in [4.78, 5) is 58.8. The van der Waals surface area contributed by atoms with Gasteiger partial charge < -0.3 is 32.5 Å². The second kappa shape index (κ2) is 13.2. The first-order valence-electron chi connectivity index (χ1n) is 9.43. The van der Waals surface area contributed by atoms with E-state index in [1.165, 1.54) is 0 Å². The predicted molar refractivity (Wildman–Crippen MR) is 115 cm³/mol. The number of carboxylic acid groups (broad SMARTS) is 1. The van der Waals surface area contributed by atoms with Gasteiger partial charge in [0.15, 0.2) is 0 Å². The van der Waals surface area contributed by atoms with Crippen molar-refractivity contribution in [2.75, 3.05) is 12.3 Å². The first kappa shape index (κ1) is 25.9. The van der Waals surface area contributed by atoms with E-state index in [1.807, 2.05) is 0 Å². The summed E-state index contributed by atoms with van der Waals surface area (Å²) in [7, 11) is 0. The molecule has 4 amide bonds. The van der Waals surface area contributed by atoms with Crippen LogP contribution in [0.1, 0.15) is 18.4 Å². The number of amides is 4. The predicted octanol–water partition coefficient (Wildman–Crippen LogP) is -2.08. The molecule has 0 heterocycles. The maximum absolute atomic E-state index is 12.6. The molecule has 12 heteroatoms. The zero-order chi connectivity index (χ0) is 23.4. The minimum atomic E-state index is -1.34. The fraction of sp³-hybridized carbons (Fsp3) is 0.421. The molecule has 3 unspecified atom stereocenters. The van der Waals surface area contributed by atoms with E-state index in [9.17, 15) is 24.0 Å². The molecule has 0 bridgehead atoms. The molecule has 0 aliphatic heterocycles. The van der Waals surface area contributed by atoms with Gasteiger partial charge in [-0.25, -0.2) is 4.79 Å². The Morgan fingerprint density at radius 1 is 1.00 bits per heavy atom. The standard InChI is InChI=1S/C19H27N5O6S/c20-12(10-31)17(27)24-14(8-11-4-2-1-3-5-11)18(28)22-9-16(26)23-13(19(29)30)6-7-15(21)25/h1-5,12-14,31H,6-10,20H2,(H2,21,25)(H,22,28)(H,23,26)(H,24,27)(H,29,30). The molecule has 3 atom stereocenters. The van der Waals surface area contributed by atoms with Crippen LogP contribution in [0.3, 0.4) is 0 Å². The van der Waals surface area contributed by atoms with Crippen LogP contribution in [-0.2, 0) is 30.4 Å². The molecule has 1 rings (SSSR count). The van der Waals surface area contributed by atoms with Crippen LogP contribution in [0.15, 0.2) is 30.3 Å². The summed E-state index contributed by atoms with van der Waals surface area (Å²) >= 11 is 3.96. The topological polar surface area (TPSA) is 194 Å². The van der Waals surface area contributed by atoms with Gasteiger partial charge in [-0.2, -0.15) is 12.6 Å². The monoisotopic (exact) mass is 453 g/mol. The lowest BCUT2D eigenvalue weighted by molar-refractivity contribution is -0.142. The van der Waals surface area contributed by atoms with Crippen molar-refractivity contribution < 1.29 is 29.1 Å². The zero-order valence-corrected chi connectivity index (χ0v) is 17.6. The summed E-state index contributed by atoms with van der Waals surface area (Å²) in [6.07, 6.45) is -0.255. The van der Waals surface area contributed by atoms with Crippen LogP contribution in [0.4, 0.5) is 0 Å². The Hall–Kier alpha value is -3.12. The van der Waals surface area contributed by atoms with Gasteiger partial charge in [0.25, 0.3) is 0 Å². The zero-order valence-electron chi connectivity index (χ0n) is 16.7. The van der Waals surface area contributed by atoms with Crippen LogP contribution in [0.25, 0.3) is 0 Å². The molecule has 1 aromatic rings. The Morgan fingerprint density at radius 3 is 2.19 bits per heavy atom. The maximum Gasteiger partial charge on any atom is 0.326 e. The van der Waals surface area contributed by atoms with Crippen LogP contribution >= 0.6 is 12.6 Å². The smallest absolute Gasteiger partial charge is 0.326 e. The van der Waals surface area contributed by atoms with Crippen molar-refractivity contribution in [3.05, 3.63) is 35.9 Å². The molecular formula is C19H27N5O6S. The Labute approximate surface area is 184 Å². The summed E-state index contributed by atoms with van der Waals surface area (Å²) in [5.41, 5.74) is 11.4. The second-order valence-electron chi connectivity index (χ2n) is 6.72. The summed E-state index contributed by atoms with van der Waals surface area (Å²) < 4.78 is 0. The fourth-order valence-corrected chi connectivity index (χ4v) is 2.67. The number of benzene rings is 1.